The van der Waals surface area contributed by atoms with Crippen LogP contribution in [0.1, 0.15) is 19.3 Å². The summed E-state index contributed by atoms with van der Waals surface area (Å²) in [4.78, 5) is 47.8. The number of aliphatic imine (C=N–C) groups is 1. The van der Waals surface area contributed by atoms with Crippen molar-refractivity contribution in [2.45, 2.75) is 25.4 Å². The van der Waals surface area contributed by atoms with Crippen LogP contribution in [0.15, 0.2) is 4.99 Å². The average Bonchev–Trinajstić information content (AvgIpc) is 2.15. The summed E-state index contributed by atoms with van der Waals surface area (Å²) in [5.74, 6) is 0. The van der Waals surface area contributed by atoms with Gasteiger partial charge in [-0.2, -0.15) is 14.7 Å². The van der Waals surface area contributed by atoms with Crippen LogP contribution in [-0.4, -0.2) is 48.9 Å². The molecule has 0 radical (unpaired) electrons. The fourth-order valence-electron chi connectivity index (χ4n) is 1.50. The minimum absolute atomic E-state index is 0.107. The number of ether oxygens (including phenoxy) is 1. The fourth-order valence-corrected chi connectivity index (χ4v) is 3.43. The van der Waals surface area contributed by atoms with Crippen LogP contribution in [0.3, 0.4) is 0 Å². The van der Waals surface area contributed by atoms with Gasteiger partial charge in [-0.1, -0.05) is 0 Å². The van der Waals surface area contributed by atoms with Crippen LogP contribution < -0.4 is 0 Å². The Morgan fingerprint density at radius 1 is 1.35 bits per heavy atom. The first-order valence-electron chi connectivity index (χ1n) is 5.01. The van der Waals surface area contributed by atoms with E-state index < -0.39 is 20.7 Å². The maximum absolute atomic E-state index is 10.9. The van der Waals surface area contributed by atoms with Gasteiger partial charge in [0.1, 0.15) is 0 Å². The summed E-state index contributed by atoms with van der Waals surface area (Å²) in [6.07, 6.45) is 2.22. The molecular formula is C7H16NO7P2+. The molecule has 0 spiro atoms. The Bertz CT molecular complexity index is 328. The summed E-state index contributed by atoms with van der Waals surface area (Å²) in [6.45, 7) is 0.437. The van der Waals surface area contributed by atoms with Crippen molar-refractivity contribution >= 4 is 20.7 Å². The van der Waals surface area contributed by atoms with Gasteiger partial charge in [0.05, 0.1) is 12.6 Å². The van der Waals surface area contributed by atoms with Crippen LogP contribution in [0.5, 0.6) is 0 Å². The van der Waals surface area contributed by atoms with Crippen molar-refractivity contribution in [3.8, 4) is 0 Å². The van der Waals surface area contributed by atoms with Gasteiger partial charge in [0, 0.05) is 6.61 Å². The molecule has 1 saturated heterocycles. The van der Waals surface area contributed by atoms with Gasteiger partial charge in [0.2, 0.25) is 0 Å². The molecule has 0 aromatic heterocycles. The molecule has 0 amide bonds. The predicted molar refractivity (Wildman–Crippen MR) is 61.5 cm³/mol. The summed E-state index contributed by atoms with van der Waals surface area (Å²) in [5, 5.41) is -1.25. The lowest BCUT2D eigenvalue weighted by molar-refractivity contribution is 0.0225. The number of hydrogen-bond acceptors (Lipinski definition) is 6. The predicted octanol–water partition coefficient (Wildman–Crippen LogP) is -0.171. The highest BCUT2D eigenvalue weighted by Crippen LogP contribution is 2.60. The van der Waals surface area contributed by atoms with E-state index in [-0.39, 0.29) is 12.6 Å². The molecule has 0 aromatic rings. The van der Waals surface area contributed by atoms with Crippen LogP contribution in [0.4, 0.5) is 0 Å². The van der Waals surface area contributed by atoms with Gasteiger partial charge in [-0.05, 0) is 19.3 Å². The summed E-state index contributed by atoms with van der Waals surface area (Å²) in [7, 11) is -9.75. The molecule has 0 bridgehead atoms. The van der Waals surface area contributed by atoms with Crippen molar-refractivity contribution in [2.24, 2.45) is 4.99 Å². The minimum Gasteiger partial charge on any atom is -0.376 e. The molecule has 100 valence electrons. The molecule has 1 aliphatic rings. The molecule has 1 fully saturated rings. The SMILES string of the molecule is O=P(O)(O)C(=NCC1CCCCO1)[P+](O)(O)O. The number of nitrogens with zero attached hydrogens (tertiary/aromatic N) is 1. The van der Waals surface area contributed by atoms with Gasteiger partial charge in [-0.3, -0.25) is 0 Å². The highest BCUT2D eigenvalue weighted by atomic mass is 31.3. The van der Waals surface area contributed by atoms with E-state index in [2.05, 4.69) is 4.99 Å². The fraction of sp³-hybridized carbons (Fsp3) is 0.857. The largest absolute Gasteiger partial charge is 0.469 e. The van der Waals surface area contributed by atoms with E-state index in [9.17, 15) is 4.57 Å². The average molecular weight is 288 g/mol. The van der Waals surface area contributed by atoms with Gasteiger partial charge in [-0.25, -0.2) is 9.56 Å². The normalized spacial score (nSPS) is 23.8. The first-order valence-corrected chi connectivity index (χ1v) is 8.27. The molecule has 1 atom stereocenters. The second-order valence-corrected chi connectivity index (χ2v) is 7.17. The van der Waals surface area contributed by atoms with Crippen molar-refractivity contribution in [3.05, 3.63) is 0 Å². The summed E-state index contributed by atoms with van der Waals surface area (Å²) in [5.41, 5.74) is 0. The zero-order chi connectivity index (χ0) is 13.1. The first kappa shape index (κ1) is 15.1. The van der Waals surface area contributed by atoms with Gasteiger partial charge < -0.3 is 14.5 Å². The van der Waals surface area contributed by atoms with Crippen molar-refractivity contribution in [1.82, 2.24) is 0 Å². The van der Waals surface area contributed by atoms with E-state index >= 15 is 0 Å². The van der Waals surface area contributed by atoms with Gasteiger partial charge >= 0.3 is 20.7 Å². The summed E-state index contributed by atoms with van der Waals surface area (Å²) in [6, 6.07) is 0. The standard InChI is InChI=1S/C7H15NO7P2/c9-16(10,11)7(17(12,13)14)8-5-6-3-1-2-4-15-6/h6,9-11H,1-5H2,(H-,12,13,14)/p+1. The second kappa shape index (κ2) is 5.82. The number of hydrogen-bond donors (Lipinski definition) is 5. The van der Waals surface area contributed by atoms with Gasteiger partial charge in [-0.15, -0.1) is 0 Å². The molecule has 0 aliphatic carbocycles. The lowest BCUT2D eigenvalue weighted by atomic mass is 10.1. The number of rotatable bonds is 4. The molecular weight excluding hydrogens is 272 g/mol. The highest BCUT2D eigenvalue weighted by molar-refractivity contribution is 8.00. The maximum Gasteiger partial charge on any atom is 0.469 e. The third-order valence-electron chi connectivity index (χ3n) is 2.24. The molecule has 10 heteroatoms. The van der Waals surface area contributed by atoms with Gasteiger partial charge in [0.25, 0.3) is 0 Å². The third kappa shape index (κ3) is 5.07. The van der Waals surface area contributed by atoms with Crippen molar-refractivity contribution in [2.75, 3.05) is 13.2 Å². The Hall–Kier alpha value is 0.0900. The van der Waals surface area contributed by atoms with Crippen molar-refractivity contribution in [3.63, 3.8) is 0 Å². The Labute approximate surface area is 98.7 Å². The van der Waals surface area contributed by atoms with E-state index in [4.69, 9.17) is 29.2 Å². The van der Waals surface area contributed by atoms with Crippen molar-refractivity contribution < 1.29 is 33.8 Å². The van der Waals surface area contributed by atoms with E-state index in [0.717, 1.165) is 12.8 Å². The van der Waals surface area contributed by atoms with E-state index in [0.29, 0.717) is 13.0 Å². The first-order chi connectivity index (χ1) is 7.71. The van der Waals surface area contributed by atoms with E-state index in [1.54, 1.807) is 0 Å². The van der Waals surface area contributed by atoms with Crippen LogP contribution in [0.2, 0.25) is 0 Å². The van der Waals surface area contributed by atoms with E-state index in [1.165, 1.54) is 0 Å². The Morgan fingerprint density at radius 2 is 2.00 bits per heavy atom. The van der Waals surface area contributed by atoms with Crippen LogP contribution >= 0.6 is 15.5 Å². The van der Waals surface area contributed by atoms with Crippen LogP contribution in [-0.2, 0) is 9.30 Å². The lowest BCUT2D eigenvalue weighted by Gasteiger charge is -2.20. The third-order valence-corrected chi connectivity index (χ3v) is 5.17. The molecule has 17 heavy (non-hydrogen) atoms. The maximum atomic E-state index is 10.9. The Morgan fingerprint density at radius 3 is 2.41 bits per heavy atom. The zero-order valence-corrected chi connectivity index (χ0v) is 10.8. The molecule has 1 heterocycles. The Balaban J connectivity index is 2.73. The van der Waals surface area contributed by atoms with Crippen molar-refractivity contribution in [1.29, 1.82) is 0 Å². The molecule has 0 aromatic carbocycles. The highest BCUT2D eigenvalue weighted by Gasteiger charge is 2.51. The van der Waals surface area contributed by atoms with Gasteiger partial charge in [0.15, 0.2) is 0 Å². The smallest absolute Gasteiger partial charge is 0.376 e. The molecule has 0 saturated carbocycles. The molecule has 1 aliphatic heterocycles. The Kier molecular flexibility index (Phi) is 5.19. The monoisotopic (exact) mass is 288 g/mol. The summed E-state index contributed by atoms with van der Waals surface area (Å²) < 4.78 is 16.2. The van der Waals surface area contributed by atoms with Crippen LogP contribution in [0.25, 0.3) is 0 Å². The second-order valence-electron chi connectivity index (χ2n) is 3.74. The van der Waals surface area contributed by atoms with Crippen LogP contribution in [0, 0.1) is 0 Å². The lowest BCUT2D eigenvalue weighted by Crippen LogP contribution is -2.23. The zero-order valence-electron chi connectivity index (χ0n) is 9.01. The topological polar surface area (TPSA) is 140 Å². The summed E-state index contributed by atoms with van der Waals surface area (Å²) >= 11 is 0. The molecule has 5 N–H and O–H groups in total. The minimum atomic E-state index is -4.97. The molecule has 1 unspecified atom stereocenters. The molecule has 8 nitrogen and oxygen atoms in total. The quantitative estimate of drug-likeness (QED) is 0.357. The van der Waals surface area contributed by atoms with E-state index in [1.807, 2.05) is 0 Å². The molecule has 1 rings (SSSR count).